The third-order valence-electron chi connectivity index (χ3n) is 0.910. The topological polar surface area (TPSA) is 15.6 Å². The summed E-state index contributed by atoms with van der Waals surface area (Å²) in [5, 5.41) is 0. The summed E-state index contributed by atoms with van der Waals surface area (Å²) in [7, 11) is 1.97. The van der Waals surface area contributed by atoms with E-state index in [-0.39, 0.29) is 0 Å². The van der Waals surface area contributed by atoms with Crippen molar-refractivity contribution in [1.82, 2.24) is 4.90 Å². The number of likely N-dealkylation sites (N-methyl/N-ethyl adjacent to an activating group) is 1. The molecule has 1 aliphatic heterocycles. The second-order valence-corrected chi connectivity index (χ2v) is 1.70. The van der Waals surface area contributed by atoms with Gasteiger partial charge in [0.05, 0.1) is 12.5 Å². The average molecular weight is 108 g/mol. The minimum absolute atomic E-state index is 0.903. The lowest BCUT2D eigenvalue weighted by molar-refractivity contribution is 0.583. The molecule has 0 radical (unpaired) electrons. The molecule has 0 N–H and O–H groups in total. The van der Waals surface area contributed by atoms with Crippen molar-refractivity contribution in [3.63, 3.8) is 0 Å². The zero-order chi connectivity index (χ0) is 5.82. The van der Waals surface area contributed by atoms with Crippen LogP contribution < -0.4 is 0 Å². The maximum absolute atomic E-state index is 3.89. The smallest absolute Gasteiger partial charge is 0.0912 e. The molecule has 0 fully saturated rings. The summed E-state index contributed by atoms with van der Waals surface area (Å²) < 4.78 is 0. The molecule has 1 heterocycles. The second-order valence-electron chi connectivity index (χ2n) is 1.70. The Morgan fingerprint density at radius 1 is 1.75 bits per heavy atom. The number of aliphatic imine (C=N–C) groups is 1. The van der Waals surface area contributed by atoms with Crippen LogP contribution in [0.15, 0.2) is 23.0 Å². The SMILES string of the molecule is CN1C=NC=C=CC1. The van der Waals surface area contributed by atoms with Crippen LogP contribution in [0.3, 0.4) is 0 Å². The summed E-state index contributed by atoms with van der Waals surface area (Å²) >= 11 is 0. The molecule has 0 saturated heterocycles. The van der Waals surface area contributed by atoms with Crippen LogP contribution in [0.5, 0.6) is 0 Å². The molecule has 1 rings (SSSR count). The van der Waals surface area contributed by atoms with Crippen LogP contribution in [0, 0.1) is 0 Å². The highest BCUT2D eigenvalue weighted by Gasteiger charge is 1.85. The molecule has 0 saturated carbocycles. The van der Waals surface area contributed by atoms with Gasteiger partial charge in [0.1, 0.15) is 0 Å². The fraction of sp³-hybridized carbons (Fsp3) is 0.333. The quantitative estimate of drug-likeness (QED) is 0.415. The maximum Gasteiger partial charge on any atom is 0.0912 e. The van der Waals surface area contributed by atoms with E-state index in [4.69, 9.17) is 0 Å². The summed E-state index contributed by atoms with van der Waals surface area (Å²) in [4.78, 5) is 5.87. The van der Waals surface area contributed by atoms with Crippen LogP contribution in [-0.2, 0) is 0 Å². The van der Waals surface area contributed by atoms with E-state index < -0.39 is 0 Å². The van der Waals surface area contributed by atoms with Crippen LogP contribution in [0.25, 0.3) is 0 Å². The van der Waals surface area contributed by atoms with Gasteiger partial charge in [-0.3, -0.25) is 0 Å². The van der Waals surface area contributed by atoms with E-state index >= 15 is 0 Å². The van der Waals surface area contributed by atoms with Gasteiger partial charge < -0.3 is 4.90 Å². The van der Waals surface area contributed by atoms with Crippen LogP contribution in [-0.4, -0.2) is 24.8 Å². The number of hydrogen-bond acceptors (Lipinski definition) is 2. The molecule has 1 aliphatic rings. The molecule has 0 spiro atoms. The monoisotopic (exact) mass is 108 g/mol. The Hall–Kier alpha value is -1.01. The van der Waals surface area contributed by atoms with Crippen molar-refractivity contribution in [2.24, 2.45) is 4.99 Å². The first-order chi connectivity index (χ1) is 3.89. The number of nitrogens with zero attached hydrogens (tertiary/aromatic N) is 2. The van der Waals surface area contributed by atoms with Crippen molar-refractivity contribution >= 4 is 6.34 Å². The molecule has 0 aromatic rings. The first kappa shape index (κ1) is 5.13. The highest BCUT2D eigenvalue weighted by Crippen LogP contribution is 1.82. The van der Waals surface area contributed by atoms with Crippen molar-refractivity contribution in [2.75, 3.05) is 13.6 Å². The summed E-state index contributed by atoms with van der Waals surface area (Å²) in [6, 6.07) is 0. The van der Waals surface area contributed by atoms with Gasteiger partial charge in [-0.25, -0.2) is 4.99 Å². The molecule has 42 valence electrons. The molecule has 0 atom stereocenters. The highest BCUT2D eigenvalue weighted by molar-refractivity contribution is 5.55. The Kier molecular flexibility index (Phi) is 1.50. The van der Waals surface area contributed by atoms with Crippen molar-refractivity contribution in [3.05, 3.63) is 18.0 Å². The van der Waals surface area contributed by atoms with Gasteiger partial charge in [0.15, 0.2) is 0 Å². The summed E-state index contributed by atoms with van der Waals surface area (Å²) in [5.41, 5.74) is 2.89. The Labute approximate surface area is 48.8 Å². The molecule has 0 unspecified atom stereocenters. The first-order valence-electron chi connectivity index (χ1n) is 2.52. The Morgan fingerprint density at radius 2 is 2.62 bits per heavy atom. The largest absolute Gasteiger partial charge is 0.361 e. The van der Waals surface area contributed by atoms with Gasteiger partial charge in [-0.05, 0) is 6.08 Å². The lowest BCUT2D eigenvalue weighted by Gasteiger charge is -2.05. The predicted molar refractivity (Wildman–Crippen MR) is 33.8 cm³/mol. The number of rotatable bonds is 0. The minimum Gasteiger partial charge on any atom is -0.361 e. The average Bonchev–Trinajstić information content (AvgIpc) is 1.94. The van der Waals surface area contributed by atoms with E-state index in [1.54, 1.807) is 12.5 Å². The van der Waals surface area contributed by atoms with Crippen LogP contribution in [0.2, 0.25) is 0 Å². The minimum atomic E-state index is 0.903. The predicted octanol–water partition coefficient (Wildman–Crippen LogP) is 0.629. The van der Waals surface area contributed by atoms with Crippen LogP contribution in [0.1, 0.15) is 0 Å². The van der Waals surface area contributed by atoms with E-state index in [1.807, 2.05) is 18.0 Å². The van der Waals surface area contributed by atoms with E-state index in [1.165, 1.54) is 0 Å². The molecule has 0 aliphatic carbocycles. The van der Waals surface area contributed by atoms with Crippen LogP contribution >= 0.6 is 0 Å². The lowest BCUT2D eigenvalue weighted by Crippen LogP contribution is -2.14. The third kappa shape index (κ3) is 1.24. The van der Waals surface area contributed by atoms with Gasteiger partial charge in [-0.15, -0.1) is 5.73 Å². The van der Waals surface area contributed by atoms with E-state index in [0.717, 1.165) is 6.54 Å². The molecule has 2 heteroatoms. The molecule has 2 nitrogen and oxygen atoms in total. The number of hydrogen-bond donors (Lipinski definition) is 0. The highest BCUT2D eigenvalue weighted by atomic mass is 15.1. The normalized spacial score (nSPS) is 16.9. The van der Waals surface area contributed by atoms with E-state index in [2.05, 4.69) is 10.7 Å². The fourth-order valence-electron chi connectivity index (χ4n) is 0.487. The van der Waals surface area contributed by atoms with Gasteiger partial charge in [-0.2, -0.15) is 0 Å². The zero-order valence-corrected chi connectivity index (χ0v) is 4.83. The van der Waals surface area contributed by atoms with Gasteiger partial charge in [0.25, 0.3) is 0 Å². The molecular weight excluding hydrogens is 100 g/mol. The van der Waals surface area contributed by atoms with E-state index in [9.17, 15) is 0 Å². The maximum atomic E-state index is 3.89. The Balaban J connectivity index is 2.66. The molecule has 0 aromatic carbocycles. The van der Waals surface area contributed by atoms with Crippen molar-refractivity contribution in [3.8, 4) is 0 Å². The van der Waals surface area contributed by atoms with Crippen LogP contribution in [0.4, 0.5) is 0 Å². The van der Waals surface area contributed by atoms with Gasteiger partial charge in [-0.1, -0.05) is 0 Å². The summed E-state index contributed by atoms with van der Waals surface area (Å²) in [6.07, 6.45) is 5.37. The van der Waals surface area contributed by atoms with Gasteiger partial charge >= 0.3 is 0 Å². The van der Waals surface area contributed by atoms with Crippen molar-refractivity contribution in [1.29, 1.82) is 0 Å². The molecule has 0 bridgehead atoms. The Morgan fingerprint density at radius 3 is 3.50 bits per heavy atom. The van der Waals surface area contributed by atoms with Gasteiger partial charge in [0.2, 0.25) is 0 Å². The summed E-state index contributed by atoms with van der Waals surface area (Å²) in [6.45, 7) is 0.903. The summed E-state index contributed by atoms with van der Waals surface area (Å²) in [5.74, 6) is 0. The van der Waals surface area contributed by atoms with E-state index in [0.29, 0.717) is 0 Å². The van der Waals surface area contributed by atoms with Crippen molar-refractivity contribution < 1.29 is 0 Å². The fourth-order valence-corrected chi connectivity index (χ4v) is 0.487. The first-order valence-corrected chi connectivity index (χ1v) is 2.52. The molecule has 0 aromatic heterocycles. The third-order valence-corrected chi connectivity index (χ3v) is 0.910. The van der Waals surface area contributed by atoms with Gasteiger partial charge in [0, 0.05) is 13.6 Å². The lowest BCUT2D eigenvalue weighted by atomic mass is 10.5. The zero-order valence-electron chi connectivity index (χ0n) is 4.83. The standard InChI is InChI=1S/C6H8N2/c1-8-5-3-2-4-7-6-8/h3-4,6H,5H2,1H3. The Bertz CT molecular complexity index is 152. The second kappa shape index (κ2) is 2.34. The molecular formula is C6H8N2. The molecule has 0 amide bonds. The van der Waals surface area contributed by atoms with Crippen molar-refractivity contribution in [2.45, 2.75) is 0 Å². The molecule has 8 heavy (non-hydrogen) atoms.